The predicted octanol–water partition coefficient (Wildman–Crippen LogP) is 6.43. The van der Waals surface area contributed by atoms with Gasteiger partial charge in [-0.2, -0.15) is 17.0 Å². The van der Waals surface area contributed by atoms with Crippen molar-refractivity contribution in [1.82, 2.24) is 19.9 Å². The summed E-state index contributed by atoms with van der Waals surface area (Å²) in [4.78, 5) is 17.0. The van der Waals surface area contributed by atoms with E-state index in [0.29, 0.717) is 23.9 Å². The number of hydrogen-bond donors (Lipinski definition) is 1. The highest BCUT2D eigenvalue weighted by Gasteiger charge is 2.22. The number of nitriles is 1. The Balaban J connectivity index is 1.33. The van der Waals surface area contributed by atoms with Crippen LogP contribution in [0.3, 0.4) is 0 Å². The number of rotatable bonds is 11. The second kappa shape index (κ2) is 13.9. The molecule has 0 radical (unpaired) electrons. The first-order chi connectivity index (χ1) is 19.7. The van der Waals surface area contributed by atoms with Gasteiger partial charge in [0.1, 0.15) is 17.6 Å². The highest BCUT2D eigenvalue weighted by molar-refractivity contribution is 8.00. The summed E-state index contributed by atoms with van der Waals surface area (Å²) in [6.07, 6.45) is 8.09. The molecule has 3 aromatic heterocycles. The van der Waals surface area contributed by atoms with Crippen LogP contribution in [-0.2, 0) is 0 Å². The number of ether oxygens (including phenoxy) is 2. The normalized spacial score (nSPS) is 13.5. The van der Waals surface area contributed by atoms with Gasteiger partial charge in [0, 0.05) is 66.4 Å². The number of pyridine rings is 1. The molecule has 1 saturated heterocycles. The van der Waals surface area contributed by atoms with Crippen molar-refractivity contribution in [2.24, 2.45) is 0 Å². The molecule has 4 heterocycles. The fraction of sp³-hybridized carbons (Fsp3) is 0.310. The molecule has 0 amide bonds. The summed E-state index contributed by atoms with van der Waals surface area (Å²) >= 11 is 5.12. The Kier molecular flexibility index (Phi) is 9.78. The van der Waals surface area contributed by atoms with Crippen LogP contribution in [0.15, 0.2) is 59.2 Å². The summed E-state index contributed by atoms with van der Waals surface area (Å²) in [5, 5.41) is 13.3. The standard InChI is InChI=1S/C29H30N6O2S3/c1-36-23-15-20(18-31-19-23)26-24(17-30)28(38-2)40-27(26)25-7-8-32-29(34-25)33-21-5-3-6-22(16-21)37-12-4-9-35-10-13-39-14-11-35/h3,5-8,15-16,18-19H,4,9-14H2,1-2H3,(H,32,33,34). The molecule has 1 aromatic carbocycles. The molecule has 0 aliphatic carbocycles. The molecule has 0 unspecified atom stereocenters. The molecule has 11 heteroatoms. The van der Waals surface area contributed by atoms with Gasteiger partial charge >= 0.3 is 0 Å². The van der Waals surface area contributed by atoms with E-state index >= 15 is 0 Å². The number of nitrogens with zero attached hydrogens (tertiary/aromatic N) is 5. The summed E-state index contributed by atoms with van der Waals surface area (Å²) in [5.41, 5.74) is 3.78. The van der Waals surface area contributed by atoms with Crippen LogP contribution in [0, 0.1) is 11.3 Å². The molecule has 0 bridgehead atoms. The van der Waals surface area contributed by atoms with Crippen molar-refractivity contribution in [1.29, 1.82) is 5.26 Å². The largest absolute Gasteiger partial charge is 0.495 e. The lowest BCUT2D eigenvalue weighted by molar-refractivity contribution is 0.248. The van der Waals surface area contributed by atoms with Crippen LogP contribution in [0.2, 0.25) is 0 Å². The van der Waals surface area contributed by atoms with Crippen molar-refractivity contribution >= 4 is 46.5 Å². The van der Waals surface area contributed by atoms with E-state index in [2.05, 4.69) is 26.3 Å². The maximum atomic E-state index is 10.0. The van der Waals surface area contributed by atoms with Gasteiger partial charge in [-0.15, -0.1) is 23.1 Å². The van der Waals surface area contributed by atoms with Crippen molar-refractivity contribution in [2.45, 2.75) is 10.6 Å². The molecule has 0 saturated carbocycles. The quantitative estimate of drug-likeness (QED) is 0.155. The van der Waals surface area contributed by atoms with E-state index in [1.165, 1.54) is 24.6 Å². The van der Waals surface area contributed by atoms with Crippen molar-refractivity contribution < 1.29 is 9.47 Å². The second-order valence-corrected chi connectivity index (χ2v) is 12.3. The summed E-state index contributed by atoms with van der Waals surface area (Å²) in [5.74, 6) is 4.35. The van der Waals surface area contributed by atoms with Gasteiger partial charge in [-0.1, -0.05) is 6.07 Å². The van der Waals surface area contributed by atoms with Crippen LogP contribution in [-0.4, -0.2) is 71.0 Å². The molecular weight excluding hydrogens is 561 g/mol. The molecule has 1 N–H and O–H groups in total. The predicted molar refractivity (Wildman–Crippen MR) is 165 cm³/mol. The average Bonchev–Trinajstić information content (AvgIpc) is 3.39. The maximum Gasteiger partial charge on any atom is 0.227 e. The van der Waals surface area contributed by atoms with Gasteiger partial charge in [0.15, 0.2) is 0 Å². The van der Waals surface area contributed by atoms with E-state index in [0.717, 1.165) is 50.3 Å². The molecule has 0 atom stereocenters. The van der Waals surface area contributed by atoms with Crippen LogP contribution >= 0.6 is 34.9 Å². The molecule has 1 aliphatic rings. The summed E-state index contributed by atoms with van der Waals surface area (Å²) in [6.45, 7) is 4.09. The Labute approximate surface area is 247 Å². The van der Waals surface area contributed by atoms with E-state index in [1.807, 2.05) is 54.4 Å². The minimum Gasteiger partial charge on any atom is -0.495 e. The van der Waals surface area contributed by atoms with E-state index in [9.17, 15) is 5.26 Å². The molecule has 40 heavy (non-hydrogen) atoms. The Morgan fingerprint density at radius 3 is 2.83 bits per heavy atom. The molecule has 206 valence electrons. The van der Waals surface area contributed by atoms with Gasteiger partial charge < -0.3 is 19.7 Å². The maximum absolute atomic E-state index is 10.0. The van der Waals surface area contributed by atoms with Crippen LogP contribution < -0.4 is 14.8 Å². The third-order valence-electron chi connectivity index (χ3n) is 6.38. The monoisotopic (exact) mass is 590 g/mol. The Bertz CT molecular complexity index is 1480. The zero-order valence-corrected chi connectivity index (χ0v) is 24.9. The third-order valence-corrected chi connectivity index (χ3v) is 9.65. The Hall–Kier alpha value is -3.30. The highest BCUT2D eigenvalue weighted by Crippen LogP contribution is 2.46. The topological polar surface area (TPSA) is 96.2 Å². The Morgan fingerprint density at radius 2 is 2.02 bits per heavy atom. The molecule has 1 aliphatic heterocycles. The minimum atomic E-state index is 0.463. The number of thioether (sulfide) groups is 2. The molecule has 4 aromatic rings. The summed E-state index contributed by atoms with van der Waals surface area (Å²) in [7, 11) is 1.60. The average molecular weight is 591 g/mol. The van der Waals surface area contributed by atoms with Gasteiger partial charge in [0.05, 0.1) is 40.3 Å². The highest BCUT2D eigenvalue weighted by atomic mass is 32.2. The molecule has 0 spiro atoms. The van der Waals surface area contributed by atoms with Crippen LogP contribution in [0.4, 0.5) is 11.6 Å². The van der Waals surface area contributed by atoms with Crippen LogP contribution in [0.1, 0.15) is 12.0 Å². The number of aromatic nitrogens is 3. The van der Waals surface area contributed by atoms with Crippen molar-refractivity contribution in [3.05, 3.63) is 60.6 Å². The van der Waals surface area contributed by atoms with Gasteiger partial charge in [-0.3, -0.25) is 4.98 Å². The van der Waals surface area contributed by atoms with Crippen molar-refractivity contribution in [3.8, 4) is 39.3 Å². The molecular formula is C29H30N6O2S3. The van der Waals surface area contributed by atoms with Crippen LogP contribution in [0.5, 0.6) is 11.5 Å². The molecule has 8 nitrogen and oxygen atoms in total. The zero-order chi connectivity index (χ0) is 27.7. The number of nitrogens with one attached hydrogen (secondary N) is 1. The van der Waals surface area contributed by atoms with Gasteiger partial charge in [-0.25, -0.2) is 9.97 Å². The number of hydrogen-bond acceptors (Lipinski definition) is 11. The van der Waals surface area contributed by atoms with Gasteiger partial charge in [0.25, 0.3) is 0 Å². The smallest absolute Gasteiger partial charge is 0.227 e. The van der Waals surface area contributed by atoms with E-state index in [-0.39, 0.29) is 0 Å². The molecule has 1 fully saturated rings. The minimum absolute atomic E-state index is 0.463. The SMILES string of the molecule is COc1cncc(-c2c(-c3ccnc(Nc4cccc(OCCCN5CCSCC5)c4)n3)sc(SC)c2C#N)c1. The summed E-state index contributed by atoms with van der Waals surface area (Å²) < 4.78 is 12.3. The fourth-order valence-corrected chi connectivity index (χ4v) is 7.31. The van der Waals surface area contributed by atoms with Crippen LogP contribution in [0.25, 0.3) is 21.7 Å². The first-order valence-corrected chi connectivity index (χ1v) is 16.1. The van der Waals surface area contributed by atoms with E-state index in [1.54, 1.807) is 48.8 Å². The first-order valence-electron chi connectivity index (χ1n) is 12.9. The van der Waals surface area contributed by atoms with Gasteiger partial charge in [-0.05, 0) is 36.9 Å². The Morgan fingerprint density at radius 1 is 1.15 bits per heavy atom. The lowest BCUT2D eigenvalue weighted by atomic mass is 10.0. The van der Waals surface area contributed by atoms with Crippen molar-refractivity contribution in [3.63, 3.8) is 0 Å². The first kappa shape index (κ1) is 28.2. The zero-order valence-electron chi connectivity index (χ0n) is 22.4. The number of benzene rings is 1. The fourth-order valence-electron chi connectivity index (χ4n) is 4.42. The number of thiophene rings is 1. The lowest BCUT2D eigenvalue weighted by Crippen LogP contribution is -2.33. The van der Waals surface area contributed by atoms with Crippen molar-refractivity contribution in [2.75, 3.05) is 56.4 Å². The third kappa shape index (κ3) is 6.88. The summed E-state index contributed by atoms with van der Waals surface area (Å²) in [6, 6.07) is 14.0. The number of methoxy groups -OCH3 is 1. The van der Waals surface area contributed by atoms with E-state index in [4.69, 9.17) is 14.5 Å². The molecule has 5 rings (SSSR count). The van der Waals surface area contributed by atoms with Gasteiger partial charge in [0.2, 0.25) is 5.95 Å². The second-order valence-electron chi connectivity index (χ2n) is 8.97. The van der Waals surface area contributed by atoms with E-state index < -0.39 is 0 Å². The lowest BCUT2D eigenvalue weighted by Gasteiger charge is -2.25. The number of anilines is 2.